The molecule has 0 fully saturated rings. The second kappa shape index (κ2) is 6.20. The third kappa shape index (κ3) is 4.03. The zero-order valence-corrected chi connectivity index (χ0v) is 11.2. The molecule has 0 aromatic carbocycles. The Bertz CT molecular complexity index is 435. The number of hydrogen-bond donors (Lipinski definition) is 1. The zero-order valence-electron chi connectivity index (χ0n) is 10.4. The van der Waals surface area contributed by atoms with Gasteiger partial charge in [0.15, 0.2) is 10.9 Å². The predicted molar refractivity (Wildman–Crippen MR) is 72.7 cm³/mol. The highest BCUT2D eigenvalue weighted by atomic mass is 32.1. The molecule has 0 aliphatic heterocycles. The molecule has 92 valence electrons. The number of thiazole rings is 1. The minimum absolute atomic E-state index is 0.0136. The molecule has 0 spiro atoms. The SMILES string of the molecule is C=CCNc1nc(C)c(C(=O)C=CN(C)C)s1. The molecule has 1 aromatic rings. The van der Waals surface area contributed by atoms with Crippen molar-refractivity contribution in [3.05, 3.63) is 35.5 Å². The van der Waals surface area contributed by atoms with Gasteiger partial charge in [-0.25, -0.2) is 4.98 Å². The van der Waals surface area contributed by atoms with Crippen molar-refractivity contribution >= 4 is 22.3 Å². The van der Waals surface area contributed by atoms with Crippen molar-refractivity contribution in [2.75, 3.05) is 26.0 Å². The summed E-state index contributed by atoms with van der Waals surface area (Å²) < 4.78 is 0. The fourth-order valence-electron chi connectivity index (χ4n) is 1.15. The molecule has 0 unspecified atom stereocenters. The average Bonchev–Trinajstić information content (AvgIpc) is 2.64. The Morgan fingerprint density at radius 2 is 2.29 bits per heavy atom. The lowest BCUT2D eigenvalue weighted by Gasteiger charge is -2.01. The monoisotopic (exact) mass is 251 g/mol. The van der Waals surface area contributed by atoms with Crippen molar-refractivity contribution in [1.82, 2.24) is 9.88 Å². The average molecular weight is 251 g/mol. The fourth-order valence-corrected chi connectivity index (χ4v) is 2.05. The van der Waals surface area contributed by atoms with Gasteiger partial charge in [-0.2, -0.15) is 0 Å². The summed E-state index contributed by atoms with van der Waals surface area (Å²) in [4.78, 5) is 18.7. The maximum atomic E-state index is 11.9. The van der Waals surface area contributed by atoms with Crippen LogP contribution in [0, 0.1) is 6.92 Å². The number of carbonyl (C=O) groups is 1. The smallest absolute Gasteiger partial charge is 0.199 e. The van der Waals surface area contributed by atoms with E-state index in [0.717, 1.165) is 10.8 Å². The normalized spacial score (nSPS) is 10.5. The van der Waals surface area contributed by atoms with E-state index >= 15 is 0 Å². The van der Waals surface area contributed by atoms with Crippen LogP contribution in [0.3, 0.4) is 0 Å². The molecule has 1 aromatic heterocycles. The molecular weight excluding hydrogens is 234 g/mol. The van der Waals surface area contributed by atoms with Crippen molar-refractivity contribution in [1.29, 1.82) is 0 Å². The molecule has 17 heavy (non-hydrogen) atoms. The number of nitrogens with one attached hydrogen (secondary N) is 1. The van der Waals surface area contributed by atoms with Gasteiger partial charge >= 0.3 is 0 Å². The number of nitrogens with zero attached hydrogens (tertiary/aromatic N) is 2. The standard InChI is InChI=1S/C12H17N3OS/c1-5-7-13-12-14-9(2)11(17-12)10(16)6-8-15(3)4/h5-6,8H,1,7H2,2-4H3,(H,13,14). The van der Waals surface area contributed by atoms with Gasteiger partial charge in [0.25, 0.3) is 0 Å². The third-order valence-electron chi connectivity index (χ3n) is 1.94. The maximum Gasteiger partial charge on any atom is 0.199 e. The maximum absolute atomic E-state index is 11.9. The molecule has 0 amide bonds. The first-order valence-corrected chi connectivity index (χ1v) is 6.07. The van der Waals surface area contributed by atoms with Crippen LogP contribution >= 0.6 is 11.3 Å². The van der Waals surface area contributed by atoms with E-state index in [-0.39, 0.29) is 5.78 Å². The van der Waals surface area contributed by atoms with Gasteiger partial charge in [0.2, 0.25) is 0 Å². The summed E-state index contributed by atoms with van der Waals surface area (Å²) in [5.74, 6) is -0.0136. The molecule has 0 saturated heterocycles. The topological polar surface area (TPSA) is 45.2 Å². The number of anilines is 1. The first-order valence-electron chi connectivity index (χ1n) is 5.25. The van der Waals surface area contributed by atoms with E-state index in [1.54, 1.807) is 18.4 Å². The van der Waals surface area contributed by atoms with Gasteiger partial charge in [-0.05, 0) is 6.92 Å². The number of ketones is 1. The van der Waals surface area contributed by atoms with Crippen LogP contribution in [0.5, 0.6) is 0 Å². The van der Waals surface area contributed by atoms with E-state index in [2.05, 4.69) is 16.9 Å². The van der Waals surface area contributed by atoms with Crippen molar-refractivity contribution in [2.45, 2.75) is 6.92 Å². The summed E-state index contributed by atoms with van der Waals surface area (Å²) in [5, 5.41) is 3.83. The van der Waals surface area contributed by atoms with E-state index in [9.17, 15) is 4.79 Å². The van der Waals surface area contributed by atoms with Gasteiger partial charge in [-0.15, -0.1) is 6.58 Å². The summed E-state index contributed by atoms with van der Waals surface area (Å²) >= 11 is 1.37. The van der Waals surface area contributed by atoms with Crippen LogP contribution in [0.25, 0.3) is 0 Å². The lowest BCUT2D eigenvalue weighted by Crippen LogP contribution is -2.02. The van der Waals surface area contributed by atoms with Crippen LogP contribution in [0.1, 0.15) is 15.4 Å². The number of hydrogen-bond acceptors (Lipinski definition) is 5. The van der Waals surface area contributed by atoms with E-state index in [4.69, 9.17) is 0 Å². The largest absolute Gasteiger partial charge is 0.383 e. The summed E-state index contributed by atoms with van der Waals surface area (Å²) in [6, 6.07) is 0. The summed E-state index contributed by atoms with van der Waals surface area (Å²) in [6.45, 7) is 6.11. The molecule has 0 aliphatic rings. The van der Waals surface area contributed by atoms with Crippen molar-refractivity contribution in [3.63, 3.8) is 0 Å². The highest BCUT2D eigenvalue weighted by molar-refractivity contribution is 7.17. The van der Waals surface area contributed by atoms with Gasteiger partial charge in [0.1, 0.15) is 0 Å². The van der Waals surface area contributed by atoms with E-state index in [1.165, 1.54) is 11.3 Å². The van der Waals surface area contributed by atoms with Crippen LogP contribution in [-0.4, -0.2) is 36.3 Å². The van der Waals surface area contributed by atoms with E-state index in [0.29, 0.717) is 11.4 Å². The Labute approximate surface area is 106 Å². The Kier molecular flexibility index (Phi) is 4.90. The Hall–Kier alpha value is -1.62. The third-order valence-corrected chi connectivity index (χ3v) is 3.07. The minimum atomic E-state index is -0.0136. The number of allylic oxidation sites excluding steroid dienone is 1. The quantitative estimate of drug-likeness (QED) is 0.479. The lowest BCUT2D eigenvalue weighted by atomic mass is 10.3. The predicted octanol–water partition coefficient (Wildman–Crippen LogP) is 2.31. The van der Waals surface area contributed by atoms with Crippen LogP contribution in [-0.2, 0) is 0 Å². The van der Waals surface area contributed by atoms with Crippen LogP contribution < -0.4 is 5.32 Å². The van der Waals surface area contributed by atoms with Crippen LogP contribution in [0.4, 0.5) is 5.13 Å². The molecule has 0 saturated carbocycles. The number of aromatic nitrogens is 1. The van der Waals surface area contributed by atoms with Crippen molar-refractivity contribution in [2.24, 2.45) is 0 Å². The molecular formula is C12H17N3OS. The molecule has 4 nitrogen and oxygen atoms in total. The highest BCUT2D eigenvalue weighted by Crippen LogP contribution is 2.23. The summed E-state index contributed by atoms with van der Waals surface area (Å²) in [6.07, 6.45) is 5.04. The molecule has 0 atom stereocenters. The molecule has 5 heteroatoms. The van der Waals surface area contributed by atoms with Crippen LogP contribution in [0.2, 0.25) is 0 Å². The molecule has 0 radical (unpaired) electrons. The van der Waals surface area contributed by atoms with Gasteiger partial charge in [0, 0.05) is 32.9 Å². The second-order valence-corrected chi connectivity index (χ2v) is 4.75. The molecule has 0 aliphatic carbocycles. The summed E-state index contributed by atoms with van der Waals surface area (Å²) in [5.41, 5.74) is 0.759. The number of aryl methyl sites for hydroxylation is 1. The van der Waals surface area contributed by atoms with E-state index < -0.39 is 0 Å². The molecule has 1 N–H and O–H groups in total. The van der Waals surface area contributed by atoms with Gasteiger partial charge < -0.3 is 10.2 Å². The number of rotatable bonds is 6. The molecule has 1 rings (SSSR count). The first-order chi connectivity index (χ1) is 8.04. The van der Waals surface area contributed by atoms with Crippen molar-refractivity contribution < 1.29 is 4.79 Å². The van der Waals surface area contributed by atoms with Gasteiger partial charge in [-0.1, -0.05) is 17.4 Å². The highest BCUT2D eigenvalue weighted by Gasteiger charge is 2.12. The van der Waals surface area contributed by atoms with Gasteiger partial charge in [-0.3, -0.25) is 4.79 Å². The summed E-state index contributed by atoms with van der Waals surface area (Å²) in [7, 11) is 3.75. The lowest BCUT2D eigenvalue weighted by molar-refractivity contribution is 0.104. The first kappa shape index (κ1) is 13.4. The Morgan fingerprint density at radius 3 is 2.88 bits per heavy atom. The second-order valence-electron chi connectivity index (χ2n) is 3.75. The molecule has 0 bridgehead atoms. The van der Waals surface area contributed by atoms with Crippen LogP contribution in [0.15, 0.2) is 24.9 Å². The number of carbonyl (C=O) groups excluding carboxylic acids is 1. The Balaban J connectivity index is 2.80. The van der Waals surface area contributed by atoms with E-state index in [1.807, 2.05) is 25.9 Å². The fraction of sp³-hybridized carbons (Fsp3) is 0.333. The Morgan fingerprint density at radius 1 is 1.59 bits per heavy atom. The minimum Gasteiger partial charge on any atom is -0.383 e. The molecule has 1 heterocycles. The van der Waals surface area contributed by atoms with Crippen molar-refractivity contribution in [3.8, 4) is 0 Å². The van der Waals surface area contributed by atoms with Gasteiger partial charge in [0.05, 0.1) is 10.6 Å². The zero-order chi connectivity index (χ0) is 12.8.